The number of carbonyl (C=O) groups is 1. The maximum Gasteiger partial charge on any atom is 0.255 e. The molecular formula is C17H18N2O4S. The van der Waals surface area contributed by atoms with Gasteiger partial charge in [0, 0.05) is 17.8 Å². The van der Waals surface area contributed by atoms with E-state index in [4.69, 9.17) is 4.74 Å². The third-order valence-electron chi connectivity index (χ3n) is 3.19. The third kappa shape index (κ3) is 4.43. The van der Waals surface area contributed by atoms with Crippen molar-refractivity contribution in [1.82, 2.24) is 4.72 Å². The lowest BCUT2D eigenvalue weighted by Crippen LogP contribution is -2.23. The SMILES string of the molecule is C=CCNS(=O)(=O)c1ccc(C(=O)Nc2ccc(OC)cc2)cc1. The van der Waals surface area contributed by atoms with Gasteiger partial charge in [-0.2, -0.15) is 0 Å². The molecule has 7 heteroatoms. The molecule has 0 bridgehead atoms. The lowest BCUT2D eigenvalue weighted by molar-refractivity contribution is 0.102. The Labute approximate surface area is 141 Å². The molecular weight excluding hydrogens is 328 g/mol. The fourth-order valence-corrected chi connectivity index (χ4v) is 2.91. The van der Waals surface area contributed by atoms with E-state index in [9.17, 15) is 13.2 Å². The van der Waals surface area contributed by atoms with Gasteiger partial charge in [0.05, 0.1) is 12.0 Å². The largest absolute Gasteiger partial charge is 0.497 e. The normalized spacial score (nSPS) is 10.9. The molecule has 0 saturated carbocycles. The fourth-order valence-electron chi connectivity index (χ4n) is 1.92. The fraction of sp³-hybridized carbons (Fsp3) is 0.118. The van der Waals surface area contributed by atoms with E-state index in [1.54, 1.807) is 31.4 Å². The Morgan fingerprint density at radius 2 is 1.75 bits per heavy atom. The molecule has 24 heavy (non-hydrogen) atoms. The minimum absolute atomic E-state index is 0.0883. The summed E-state index contributed by atoms with van der Waals surface area (Å²) < 4.78 is 31.3. The summed E-state index contributed by atoms with van der Waals surface area (Å²) in [5.41, 5.74) is 0.971. The highest BCUT2D eigenvalue weighted by atomic mass is 32.2. The van der Waals surface area contributed by atoms with Crippen molar-refractivity contribution in [2.75, 3.05) is 19.0 Å². The molecule has 0 atom stereocenters. The van der Waals surface area contributed by atoms with Gasteiger partial charge in [0.2, 0.25) is 10.0 Å². The van der Waals surface area contributed by atoms with Crippen LogP contribution >= 0.6 is 0 Å². The quantitative estimate of drug-likeness (QED) is 0.754. The van der Waals surface area contributed by atoms with E-state index in [0.29, 0.717) is 17.0 Å². The molecule has 2 N–H and O–H groups in total. The van der Waals surface area contributed by atoms with Crippen LogP contribution < -0.4 is 14.8 Å². The predicted molar refractivity (Wildman–Crippen MR) is 92.8 cm³/mol. The summed E-state index contributed by atoms with van der Waals surface area (Å²) in [6.07, 6.45) is 1.45. The highest BCUT2D eigenvalue weighted by Crippen LogP contribution is 2.16. The van der Waals surface area contributed by atoms with Crippen LogP contribution in [0.5, 0.6) is 5.75 Å². The molecule has 2 aromatic carbocycles. The Kier molecular flexibility index (Phi) is 5.73. The zero-order valence-electron chi connectivity index (χ0n) is 13.2. The zero-order chi connectivity index (χ0) is 17.6. The zero-order valence-corrected chi connectivity index (χ0v) is 14.0. The second-order valence-electron chi connectivity index (χ2n) is 4.85. The van der Waals surface area contributed by atoms with Gasteiger partial charge in [0.15, 0.2) is 0 Å². The molecule has 126 valence electrons. The van der Waals surface area contributed by atoms with E-state index in [-0.39, 0.29) is 17.3 Å². The number of carbonyl (C=O) groups excluding carboxylic acids is 1. The molecule has 0 aliphatic carbocycles. The number of sulfonamides is 1. The van der Waals surface area contributed by atoms with Gasteiger partial charge >= 0.3 is 0 Å². The number of rotatable bonds is 7. The van der Waals surface area contributed by atoms with Crippen molar-refractivity contribution in [3.63, 3.8) is 0 Å². The molecule has 0 spiro atoms. The van der Waals surface area contributed by atoms with Crippen molar-refractivity contribution in [2.45, 2.75) is 4.90 Å². The van der Waals surface area contributed by atoms with Crippen molar-refractivity contribution in [2.24, 2.45) is 0 Å². The van der Waals surface area contributed by atoms with E-state index in [0.717, 1.165) is 0 Å². The van der Waals surface area contributed by atoms with Crippen molar-refractivity contribution >= 4 is 21.6 Å². The van der Waals surface area contributed by atoms with E-state index in [1.165, 1.54) is 30.3 Å². The maximum atomic E-state index is 12.2. The van der Waals surface area contributed by atoms with Crippen molar-refractivity contribution in [1.29, 1.82) is 0 Å². The summed E-state index contributed by atoms with van der Waals surface area (Å²) >= 11 is 0. The monoisotopic (exact) mass is 346 g/mol. The molecule has 0 saturated heterocycles. The summed E-state index contributed by atoms with van der Waals surface area (Å²) in [5, 5.41) is 2.73. The van der Waals surface area contributed by atoms with Gasteiger partial charge in [-0.15, -0.1) is 6.58 Å². The second kappa shape index (κ2) is 7.76. The van der Waals surface area contributed by atoms with E-state index < -0.39 is 10.0 Å². The Morgan fingerprint density at radius 3 is 2.29 bits per heavy atom. The summed E-state index contributed by atoms with van der Waals surface area (Å²) in [6.45, 7) is 3.60. The van der Waals surface area contributed by atoms with Crippen LogP contribution in [0.3, 0.4) is 0 Å². The molecule has 0 aliphatic heterocycles. The van der Waals surface area contributed by atoms with Gasteiger partial charge in [-0.3, -0.25) is 4.79 Å². The predicted octanol–water partition coefficient (Wildman–Crippen LogP) is 2.41. The van der Waals surface area contributed by atoms with Crippen LogP contribution in [0.25, 0.3) is 0 Å². The first kappa shape index (κ1) is 17.7. The summed E-state index contributed by atoms with van der Waals surface area (Å²) in [5.74, 6) is 0.359. The number of amides is 1. The standard InChI is InChI=1S/C17H18N2O4S/c1-3-12-18-24(21,22)16-10-4-13(5-11-16)17(20)19-14-6-8-15(23-2)9-7-14/h3-11,18H,1,12H2,2H3,(H,19,20). The third-order valence-corrected chi connectivity index (χ3v) is 4.63. The summed E-state index contributed by atoms with van der Waals surface area (Å²) in [4.78, 5) is 12.3. The van der Waals surface area contributed by atoms with Gasteiger partial charge in [-0.05, 0) is 48.5 Å². The first-order valence-corrected chi connectivity index (χ1v) is 8.60. The Morgan fingerprint density at radius 1 is 1.12 bits per heavy atom. The lowest BCUT2D eigenvalue weighted by Gasteiger charge is -2.08. The van der Waals surface area contributed by atoms with Gasteiger partial charge in [0.1, 0.15) is 5.75 Å². The van der Waals surface area contributed by atoms with Crippen LogP contribution in [0, 0.1) is 0 Å². The summed E-state index contributed by atoms with van der Waals surface area (Å²) in [6, 6.07) is 12.6. The van der Waals surface area contributed by atoms with Crippen LogP contribution in [0.1, 0.15) is 10.4 Å². The topological polar surface area (TPSA) is 84.5 Å². The number of ether oxygens (including phenoxy) is 1. The average Bonchev–Trinajstić information content (AvgIpc) is 2.60. The Balaban J connectivity index is 2.09. The van der Waals surface area contributed by atoms with Crippen LogP contribution in [0.15, 0.2) is 66.1 Å². The molecule has 2 aromatic rings. The van der Waals surface area contributed by atoms with Crippen LogP contribution in [-0.4, -0.2) is 28.0 Å². The van der Waals surface area contributed by atoms with Gasteiger partial charge in [0.25, 0.3) is 5.91 Å². The molecule has 0 aliphatic rings. The van der Waals surface area contributed by atoms with Gasteiger partial charge in [-0.25, -0.2) is 13.1 Å². The van der Waals surface area contributed by atoms with E-state index in [2.05, 4.69) is 16.6 Å². The van der Waals surface area contributed by atoms with E-state index in [1.807, 2.05) is 0 Å². The molecule has 0 fully saturated rings. The Bertz CT molecular complexity index is 813. The number of hydrogen-bond acceptors (Lipinski definition) is 4. The van der Waals surface area contributed by atoms with Gasteiger partial charge in [-0.1, -0.05) is 6.08 Å². The average molecular weight is 346 g/mol. The highest BCUT2D eigenvalue weighted by Gasteiger charge is 2.14. The molecule has 0 radical (unpaired) electrons. The minimum atomic E-state index is -3.60. The van der Waals surface area contributed by atoms with Crippen molar-refractivity contribution in [3.8, 4) is 5.75 Å². The molecule has 1 amide bonds. The number of methoxy groups -OCH3 is 1. The minimum Gasteiger partial charge on any atom is -0.497 e. The van der Waals surface area contributed by atoms with Crippen LogP contribution in [0.2, 0.25) is 0 Å². The van der Waals surface area contributed by atoms with Crippen LogP contribution in [-0.2, 0) is 10.0 Å². The van der Waals surface area contributed by atoms with Crippen molar-refractivity contribution in [3.05, 3.63) is 66.7 Å². The molecule has 0 aromatic heterocycles. The maximum absolute atomic E-state index is 12.2. The number of benzene rings is 2. The first-order valence-electron chi connectivity index (χ1n) is 7.12. The molecule has 2 rings (SSSR count). The van der Waals surface area contributed by atoms with Crippen LogP contribution in [0.4, 0.5) is 5.69 Å². The van der Waals surface area contributed by atoms with Gasteiger partial charge < -0.3 is 10.1 Å². The smallest absolute Gasteiger partial charge is 0.255 e. The number of anilines is 1. The first-order chi connectivity index (χ1) is 11.5. The van der Waals surface area contributed by atoms with Crippen molar-refractivity contribution < 1.29 is 17.9 Å². The number of hydrogen-bond donors (Lipinski definition) is 2. The second-order valence-corrected chi connectivity index (χ2v) is 6.61. The molecule has 0 heterocycles. The molecule has 6 nitrogen and oxygen atoms in total. The highest BCUT2D eigenvalue weighted by molar-refractivity contribution is 7.89. The Hall–Kier alpha value is -2.64. The lowest BCUT2D eigenvalue weighted by atomic mass is 10.2. The number of nitrogens with one attached hydrogen (secondary N) is 2. The van der Waals surface area contributed by atoms with E-state index >= 15 is 0 Å². The summed E-state index contributed by atoms with van der Waals surface area (Å²) in [7, 11) is -2.04. The molecule has 0 unspecified atom stereocenters.